The summed E-state index contributed by atoms with van der Waals surface area (Å²) in [5.74, 6) is -1.41. The zero-order valence-electron chi connectivity index (χ0n) is 17.9. The topological polar surface area (TPSA) is 66.4 Å². The van der Waals surface area contributed by atoms with Crippen molar-refractivity contribution in [3.63, 3.8) is 0 Å². The van der Waals surface area contributed by atoms with Crippen molar-refractivity contribution < 1.29 is 14.7 Å². The van der Waals surface area contributed by atoms with E-state index in [1.165, 1.54) is 0 Å². The van der Waals surface area contributed by atoms with Gasteiger partial charge >= 0.3 is 5.97 Å². The minimum absolute atomic E-state index is 0.197. The zero-order valence-corrected chi connectivity index (χ0v) is 17.9. The Balaban J connectivity index is 1.69. The highest BCUT2D eigenvalue weighted by Crippen LogP contribution is 2.32. The minimum Gasteiger partial charge on any atom is -0.480 e. The van der Waals surface area contributed by atoms with Crippen LogP contribution in [0.2, 0.25) is 0 Å². The first-order chi connectivity index (χ1) is 15.5. The molecule has 160 valence electrons. The summed E-state index contributed by atoms with van der Waals surface area (Å²) < 4.78 is 0. The van der Waals surface area contributed by atoms with Gasteiger partial charge in [-0.1, -0.05) is 103 Å². The molecule has 32 heavy (non-hydrogen) atoms. The van der Waals surface area contributed by atoms with E-state index < -0.39 is 17.4 Å². The third-order valence-electron chi connectivity index (χ3n) is 6.06. The quantitative estimate of drug-likeness (QED) is 0.442. The molecule has 0 aromatic heterocycles. The second-order valence-corrected chi connectivity index (χ2v) is 8.06. The van der Waals surface area contributed by atoms with E-state index in [9.17, 15) is 14.7 Å². The predicted octanol–water partition coefficient (Wildman–Crippen LogP) is 4.96. The Morgan fingerprint density at radius 1 is 0.781 bits per heavy atom. The van der Waals surface area contributed by atoms with Gasteiger partial charge in [0.25, 0.3) is 0 Å². The van der Waals surface area contributed by atoms with Gasteiger partial charge in [-0.05, 0) is 34.4 Å². The first-order valence-corrected chi connectivity index (χ1v) is 10.6. The zero-order chi connectivity index (χ0) is 22.6. The molecule has 0 fully saturated rings. The van der Waals surface area contributed by atoms with Crippen LogP contribution in [0.3, 0.4) is 0 Å². The van der Waals surface area contributed by atoms with Gasteiger partial charge in [-0.3, -0.25) is 4.79 Å². The molecular weight excluding hydrogens is 398 g/mol. The Kier molecular flexibility index (Phi) is 6.04. The molecule has 0 aliphatic rings. The predicted molar refractivity (Wildman–Crippen MR) is 127 cm³/mol. The normalized spacial score (nSPS) is 12.3. The summed E-state index contributed by atoms with van der Waals surface area (Å²) in [6.45, 7) is 1.84. The van der Waals surface area contributed by atoms with Gasteiger partial charge in [0.15, 0.2) is 0 Å². The summed E-state index contributed by atoms with van der Waals surface area (Å²) in [7, 11) is 0. The smallest absolute Gasteiger partial charge is 0.326 e. The van der Waals surface area contributed by atoms with Crippen molar-refractivity contribution in [3.05, 3.63) is 120 Å². The first-order valence-electron chi connectivity index (χ1n) is 10.6. The molecule has 0 aliphatic heterocycles. The third kappa shape index (κ3) is 4.12. The van der Waals surface area contributed by atoms with Crippen LogP contribution >= 0.6 is 0 Å². The number of fused-ring (bicyclic) bond motifs is 1. The van der Waals surface area contributed by atoms with Crippen LogP contribution in [-0.2, 0) is 21.4 Å². The summed E-state index contributed by atoms with van der Waals surface area (Å²) in [6, 6.07) is 31.5. The molecule has 0 spiro atoms. The fourth-order valence-corrected chi connectivity index (χ4v) is 4.16. The van der Waals surface area contributed by atoms with Crippen molar-refractivity contribution in [1.29, 1.82) is 0 Å². The second-order valence-electron chi connectivity index (χ2n) is 8.06. The third-order valence-corrected chi connectivity index (χ3v) is 6.06. The highest BCUT2D eigenvalue weighted by atomic mass is 16.4. The number of carbonyl (C=O) groups is 2. The number of nitrogens with one attached hydrogen (secondary N) is 1. The molecule has 4 nitrogen and oxygen atoms in total. The molecule has 0 radical (unpaired) electrons. The molecule has 0 saturated carbocycles. The van der Waals surface area contributed by atoms with Gasteiger partial charge in [-0.2, -0.15) is 0 Å². The van der Waals surface area contributed by atoms with Crippen LogP contribution < -0.4 is 5.32 Å². The number of carboxylic acid groups (broad SMARTS) is 1. The Morgan fingerprint density at radius 3 is 1.91 bits per heavy atom. The monoisotopic (exact) mass is 423 g/mol. The van der Waals surface area contributed by atoms with Gasteiger partial charge in [-0.25, -0.2) is 4.79 Å². The fourth-order valence-electron chi connectivity index (χ4n) is 4.16. The number of carbonyl (C=O) groups excluding carboxylic acids is 1. The summed E-state index contributed by atoms with van der Waals surface area (Å²) >= 11 is 0. The van der Waals surface area contributed by atoms with E-state index in [1.807, 2.05) is 110 Å². The number of aliphatic carboxylic acids is 1. The summed E-state index contributed by atoms with van der Waals surface area (Å²) in [6.07, 6.45) is 0.197. The molecule has 4 heteroatoms. The molecular formula is C28H25NO3. The maximum atomic E-state index is 13.7. The lowest BCUT2D eigenvalue weighted by Gasteiger charge is -2.31. The molecule has 1 atom stereocenters. The van der Waals surface area contributed by atoms with E-state index in [0.717, 1.165) is 27.5 Å². The van der Waals surface area contributed by atoms with E-state index in [0.29, 0.717) is 0 Å². The van der Waals surface area contributed by atoms with E-state index >= 15 is 0 Å². The molecule has 4 aromatic rings. The van der Waals surface area contributed by atoms with Crippen molar-refractivity contribution in [3.8, 4) is 0 Å². The molecule has 0 aliphatic carbocycles. The number of rotatable bonds is 7. The van der Waals surface area contributed by atoms with Crippen LogP contribution in [0.25, 0.3) is 10.8 Å². The van der Waals surface area contributed by atoms with Crippen molar-refractivity contribution in [1.82, 2.24) is 5.32 Å². The molecule has 0 unspecified atom stereocenters. The standard InChI is InChI=1S/C28H25NO3/c1-28(22-14-4-2-5-15-22,23-16-6-3-7-17-23)27(32)29-25(26(30)31)19-21-13-10-12-20-11-8-9-18-24(20)21/h2-18,25H,19H2,1H3,(H,29,32)(H,30,31)/t25-/m0/s1. The van der Waals surface area contributed by atoms with Crippen LogP contribution in [0.1, 0.15) is 23.6 Å². The van der Waals surface area contributed by atoms with Crippen LogP contribution in [0.15, 0.2) is 103 Å². The van der Waals surface area contributed by atoms with Crippen LogP contribution in [-0.4, -0.2) is 23.0 Å². The number of carboxylic acids is 1. The van der Waals surface area contributed by atoms with Crippen molar-refractivity contribution in [2.75, 3.05) is 0 Å². The Morgan fingerprint density at radius 2 is 1.31 bits per heavy atom. The van der Waals surface area contributed by atoms with E-state index in [2.05, 4.69) is 5.32 Å². The molecule has 0 bridgehead atoms. The molecule has 0 heterocycles. The maximum absolute atomic E-state index is 13.7. The lowest BCUT2D eigenvalue weighted by molar-refractivity contribution is -0.142. The average Bonchev–Trinajstić information content (AvgIpc) is 2.84. The van der Waals surface area contributed by atoms with Gasteiger partial charge in [0.1, 0.15) is 6.04 Å². The molecule has 2 N–H and O–H groups in total. The van der Waals surface area contributed by atoms with Crippen molar-refractivity contribution in [2.45, 2.75) is 24.8 Å². The molecule has 4 rings (SSSR count). The summed E-state index contributed by atoms with van der Waals surface area (Å²) in [5, 5.41) is 14.8. The Bertz CT molecular complexity index is 1190. The SMILES string of the molecule is CC(C(=O)N[C@@H](Cc1cccc2ccccc12)C(=O)O)(c1ccccc1)c1ccccc1. The number of amides is 1. The van der Waals surface area contributed by atoms with Gasteiger partial charge in [0.05, 0.1) is 5.41 Å². The van der Waals surface area contributed by atoms with E-state index in [1.54, 1.807) is 0 Å². The number of hydrogen-bond acceptors (Lipinski definition) is 2. The largest absolute Gasteiger partial charge is 0.480 e. The highest BCUT2D eigenvalue weighted by Gasteiger charge is 2.39. The first kappa shape index (κ1) is 21.3. The summed E-state index contributed by atoms with van der Waals surface area (Å²) in [4.78, 5) is 25.8. The average molecular weight is 424 g/mol. The molecule has 4 aromatic carbocycles. The van der Waals surface area contributed by atoms with Crippen LogP contribution in [0.4, 0.5) is 0 Å². The highest BCUT2D eigenvalue weighted by molar-refractivity contribution is 5.94. The lowest BCUT2D eigenvalue weighted by Crippen LogP contribution is -2.50. The van der Waals surface area contributed by atoms with Crippen LogP contribution in [0, 0.1) is 0 Å². The van der Waals surface area contributed by atoms with Gasteiger partial charge in [-0.15, -0.1) is 0 Å². The van der Waals surface area contributed by atoms with E-state index in [-0.39, 0.29) is 12.3 Å². The van der Waals surface area contributed by atoms with Crippen molar-refractivity contribution >= 4 is 22.6 Å². The van der Waals surface area contributed by atoms with Gasteiger partial charge in [0.2, 0.25) is 5.91 Å². The minimum atomic E-state index is -1.06. The Labute approximate surface area is 187 Å². The summed E-state index contributed by atoms with van der Waals surface area (Å²) in [5.41, 5.74) is 1.46. The fraction of sp³-hybridized carbons (Fsp3) is 0.143. The number of benzene rings is 4. The molecule has 1 amide bonds. The Hall–Kier alpha value is -3.92. The number of hydrogen-bond donors (Lipinski definition) is 2. The van der Waals surface area contributed by atoms with Crippen molar-refractivity contribution in [2.24, 2.45) is 0 Å². The van der Waals surface area contributed by atoms with Gasteiger partial charge in [0, 0.05) is 6.42 Å². The maximum Gasteiger partial charge on any atom is 0.326 e. The molecule has 0 saturated heterocycles. The van der Waals surface area contributed by atoms with Gasteiger partial charge < -0.3 is 10.4 Å². The second kappa shape index (κ2) is 9.06. The lowest BCUT2D eigenvalue weighted by atomic mass is 9.75. The van der Waals surface area contributed by atoms with Crippen LogP contribution in [0.5, 0.6) is 0 Å². The van der Waals surface area contributed by atoms with E-state index in [4.69, 9.17) is 0 Å².